The Balaban J connectivity index is 2.05. The van der Waals surface area contributed by atoms with Gasteiger partial charge in [0.25, 0.3) is 18.1 Å². The first kappa shape index (κ1) is 14.2. The third kappa shape index (κ3) is 3.62. The fourth-order valence-electron chi connectivity index (χ4n) is 1.58. The van der Waals surface area contributed by atoms with Crippen LogP contribution in [0.4, 0.5) is 11.4 Å². The summed E-state index contributed by atoms with van der Waals surface area (Å²) >= 11 is 0. The Kier molecular flexibility index (Phi) is 3.93. The van der Waals surface area contributed by atoms with Crippen LogP contribution in [0.5, 0.6) is 0 Å². The van der Waals surface area contributed by atoms with Gasteiger partial charge in [0.15, 0.2) is 0 Å². The maximum Gasteiger partial charge on any atom is 0.437 e. The lowest BCUT2D eigenvalue weighted by Crippen LogP contribution is -2.31. The third-order valence-electron chi connectivity index (χ3n) is 2.48. The number of nitrogens with zero attached hydrogens (tertiary/aromatic N) is 3. The molecule has 0 atom stereocenters. The zero-order chi connectivity index (χ0) is 15.4. The minimum Gasteiger partial charge on any atom is -0.320 e. The molecule has 1 heterocycles. The lowest BCUT2D eigenvalue weighted by molar-refractivity contribution is -0.495. The van der Waals surface area contributed by atoms with Crippen LogP contribution in [-0.2, 0) is 14.4 Å². The number of carbonyl (C=O) groups excluding carboxylic acids is 3. The molecular weight excluding hydrogens is 280 g/mol. The average Bonchev–Trinajstić information content (AvgIpc) is 2.43. The predicted molar refractivity (Wildman–Crippen MR) is 68.4 cm³/mol. The van der Waals surface area contributed by atoms with E-state index in [1.807, 2.05) is 0 Å². The van der Waals surface area contributed by atoms with Gasteiger partial charge in [-0.2, -0.15) is 0 Å². The lowest BCUT2D eigenvalue weighted by atomic mass is 10.3. The topological polar surface area (TPSA) is 122 Å². The first-order valence-corrected chi connectivity index (χ1v) is 5.75. The first-order valence-electron chi connectivity index (χ1n) is 5.75. The van der Waals surface area contributed by atoms with Crippen molar-refractivity contribution in [3.05, 3.63) is 46.5 Å². The third-order valence-corrected chi connectivity index (χ3v) is 2.48. The van der Waals surface area contributed by atoms with Gasteiger partial charge in [0, 0.05) is 29.0 Å². The number of anilines is 1. The fraction of sp³-hybridized carbons (Fsp3) is 0.0833. The summed E-state index contributed by atoms with van der Waals surface area (Å²) in [4.78, 5) is 44.2. The lowest BCUT2D eigenvalue weighted by Gasteiger charge is -2.03. The summed E-state index contributed by atoms with van der Waals surface area (Å²) in [6.07, 6.45) is 2.01. The van der Waals surface area contributed by atoms with Crippen LogP contribution in [0.15, 0.2) is 41.5 Å². The highest BCUT2D eigenvalue weighted by molar-refractivity contribution is 5.98. The van der Waals surface area contributed by atoms with Crippen molar-refractivity contribution in [2.24, 2.45) is 5.11 Å². The van der Waals surface area contributed by atoms with E-state index in [2.05, 4.69) is 10.4 Å². The van der Waals surface area contributed by atoms with Crippen LogP contribution in [0, 0.1) is 10.1 Å². The van der Waals surface area contributed by atoms with Crippen LogP contribution < -0.4 is 5.32 Å². The first-order chi connectivity index (χ1) is 9.95. The van der Waals surface area contributed by atoms with E-state index in [1.54, 1.807) is 0 Å². The van der Waals surface area contributed by atoms with Crippen LogP contribution in [-0.4, -0.2) is 33.9 Å². The number of hydrogen-bond donors (Lipinski definition) is 1. The van der Waals surface area contributed by atoms with E-state index in [9.17, 15) is 24.5 Å². The summed E-state index contributed by atoms with van der Waals surface area (Å²) < 4.78 is 0.717. The molecule has 0 aromatic heterocycles. The number of rotatable bonds is 4. The van der Waals surface area contributed by atoms with Crippen molar-refractivity contribution in [3.8, 4) is 0 Å². The molecule has 9 heteroatoms. The molecule has 21 heavy (non-hydrogen) atoms. The number of hydrogen-bond acceptors (Lipinski definition) is 5. The van der Waals surface area contributed by atoms with E-state index in [4.69, 9.17) is 0 Å². The number of nitro groups is 1. The van der Waals surface area contributed by atoms with Crippen molar-refractivity contribution < 1.29 is 24.0 Å². The molecule has 0 saturated carbocycles. The number of nitro benzene ring substituents is 1. The molecule has 0 bridgehead atoms. The second-order valence-corrected chi connectivity index (χ2v) is 4.02. The van der Waals surface area contributed by atoms with E-state index in [0.29, 0.717) is 0 Å². The molecule has 0 spiro atoms. The number of benzene rings is 1. The van der Waals surface area contributed by atoms with Gasteiger partial charge < -0.3 is 5.32 Å². The molecule has 0 saturated heterocycles. The van der Waals surface area contributed by atoms with Gasteiger partial charge in [-0.25, -0.2) is 4.79 Å². The Morgan fingerprint density at radius 1 is 1.33 bits per heavy atom. The molecule has 0 aliphatic carbocycles. The Morgan fingerprint density at radius 2 is 2.10 bits per heavy atom. The molecule has 106 valence electrons. The molecule has 1 aliphatic rings. The van der Waals surface area contributed by atoms with Crippen molar-refractivity contribution in [3.63, 3.8) is 0 Å². The average molecular weight is 289 g/mol. The van der Waals surface area contributed by atoms with Crippen LogP contribution in [0.25, 0.3) is 0 Å². The van der Waals surface area contributed by atoms with Crippen LogP contribution >= 0.6 is 0 Å². The van der Waals surface area contributed by atoms with Crippen molar-refractivity contribution in [2.45, 2.75) is 0 Å². The fourth-order valence-corrected chi connectivity index (χ4v) is 1.58. The maximum absolute atomic E-state index is 11.7. The van der Waals surface area contributed by atoms with E-state index >= 15 is 0 Å². The SMILES string of the molecule is O=C1C=CC(=O)[N+](CC(=O)Nc2cccc([N+](=O)[O-])c2)=N1. The van der Waals surface area contributed by atoms with Crippen LogP contribution in [0.3, 0.4) is 0 Å². The standard InChI is InChI=1S/C12H8N4O5/c17-10-4-5-12(19)15(14-10)7-11(18)13-8-2-1-3-9(6-8)16(20)21/h1-6H,7H2/p+1. The minimum absolute atomic E-state index is 0.176. The predicted octanol–water partition coefficient (Wildman–Crippen LogP) is 0.621. The molecule has 1 aromatic carbocycles. The Bertz CT molecular complexity index is 707. The van der Waals surface area contributed by atoms with E-state index < -0.39 is 29.2 Å². The second-order valence-electron chi connectivity index (χ2n) is 4.02. The Hall–Kier alpha value is -3.23. The summed E-state index contributed by atoms with van der Waals surface area (Å²) in [6.45, 7) is -0.461. The molecule has 9 nitrogen and oxygen atoms in total. The van der Waals surface area contributed by atoms with Gasteiger partial charge in [-0.1, -0.05) is 6.07 Å². The summed E-state index contributed by atoms with van der Waals surface area (Å²) in [5, 5.41) is 16.4. The van der Waals surface area contributed by atoms with Gasteiger partial charge in [0.1, 0.15) is 0 Å². The van der Waals surface area contributed by atoms with Crippen molar-refractivity contribution >= 4 is 29.1 Å². The summed E-state index contributed by atoms with van der Waals surface area (Å²) in [5.41, 5.74) is 0.0326. The zero-order valence-corrected chi connectivity index (χ0v) is 10.6. The normalized spacial score (nSPS) is 13.8. The highest BCUT2D eigenvalue weighted by Gasteiger charge is 2.26. The number of carbonyl (C=O) groups is 3. The van der Waals surface area contributed by atoms with E-state index in [-0.39, 0.29) is 11.4 Å². The molecule has 3 amide bonds. The molecular formula is C12H9N4O5+. The van der Waals surface area contributed by atoms with Crippen LogP contribution in [0.2, 0.25) is 0 Å². The van der Waals surface area contributed by atoms with Gasteiger partial charge in [-0.05, 0) is 10.8 Å². The van der Waals surface area contributed by atoms with Crippen molar-refractivity contribution in [1.29, 1.82) is 0 Å². The summed E-state index contributed by atoms with van der Waals surface area (Å²) in [6, 6.07) is 5.34. The van der Waals surface area contributed by atoms with Gasteiger partial charge in [0.2, 0.25) is 0 Å². The minimum atomic E-state index is -0.641. The van der Waals surface area contributed by atoms with Crippen LogP contribution in [0.1, 0.15) is 0 Å². The maximum atomic E-state index is 11.7. The molecule has 0 radical (unpaired) electrons. The van der Waals surface area contributed by atoms with Gasteiger partial charge in [-0.15, -0.1) is 0 Å². The molecule has 1 aromatic rings. The Morgan fingerprint density at radius 3 is 2.81 bits per heavy atom. The molecule has 2 rings (SSSR count). The highest BCUT2D eigenvalue weighted by Crippen LogP contribution is 2.16. The van der Waals surface area contributed by atoms with Crippen molar-refractivity contribution in [1.82, 2.24) is 0 Å². The number of non-ortho nitro benzene ring substituents is 1. The quantitative estimate of drug-likeness (QED) is 0.494. The number of azo groups is 2. The summed E-state index contributed by atoms with van der Waals surface area (Å²) in [5.74, 6) is -1.86. The number of nitrogens with one attached hydrogen (secondary N) is 1. The second kappa shape index (κ2) is 5.82. The monoisotopic (exact) mass is 289 g/mol. The highest BCUT2D eigenvalue weighted by atomic mass is 16.6. The van der Waals surface area contributed by atoms with E-state index in [0.717, 1.165) is 16.8 Å². The van der Waals surface area contributed by atoms with Gasteiger partial charge >= 0.3 is 11.8 Å². The largest absolute Gasteiger partial charge is 0.437 e. The summed E-state index contributed by atoms with van der Waals surface area (Å²) in [7, 11) is 0. The smallest absolute Gasteiger partial charge is 0.320 e. The van der Waals surface area contributed by atoms with Gasteiger partial charge in [0.05, 0.1) is 11.0 Å². The molecule has 0 unspecified atom stereocenters. The molecule has 0 fully saturated rings. The van der Waals surface area contributed by atoms with Gasteiger partial charge in [-0.3, -0.25) is 19.7 Å². The Labute approximate surface area is 117 Å². The van der Waals surface area contributed by atoms with E-state index in [1.165, 1.54) is 24.3 Å². The number of amides is 3. The molecule has 1 N–H and O–H groups in total. The molecule has 1 aliphatic heterocycles. The van der Waals surface area contributed by atoms with Crippen molar-refractivity contribution in [2.75, 3.05) is 11.9 Å². The zero-order valence-electron chi connectivity index (χ0n) is 10.6.